The second-order valence-electron chi connectivity index (χ2n) is 11.6. The molecule has 0 bridgehead atoms. The van der Waals surface area contributed by atoms with Crippen LogP contribution in [0.25, 0.3) is 0 Å². The highest BCUT2D eigenvalue weighted by atomic mass is 79.9. The van der Waals surface area contributed by atoms with Gasteiger partial charge in [0.25, 0.3) is 0 Å². The number of Topliss-reactive ketones (excluding diaryl/α,β-unsaturated/α-hetero) is 1. The van der Waals surface area contributed by atoms with E-state index < -0.39 is 63.2 Å². The quantitative estimate of drug-likeness (QED) is 0.414. The number of ether oxygens (including phenoxy) is 1. The van der Waals surface area contributed by atoms with E-state index in [-0.39, 0.29) is 24.5 Å². The maximum Gasteiger partial charge on any atom is 0.338 e. The van der Waals surface area contributed by atoms with Crippen LogP contribution in [0.1, 0.15) is 50.4 Å². The summed E-state index contributed by atoms with van der Waals surface area (Å²) < 4.78 is 20.0. The normalized spacial score (nSPS) is 44.4. The first-order valence-electron chi connectivity index (χ1n) is 12.7. The molecule has 0 radical (unpaired) electrons. The van der Waals surface area contributed by atoms with Crippen LogP contribution in [0.5, 0.6) is 0 Å². The molecule has 4 aliphatic rings. The Morgan fingerprint density at radius 3 is 2.51 bits per heavy atom. The maximum absolute atomic E-state index is 15.7. The lowest BCUT2D eigenvalue weighted by atomic mass is 9.45. The summed E-state index contributed by atoms with van der Waals surface area (Å²) in [5, 5.41) is 23.7. The minimum absolute atomic E-state index is 0.0606. The third-order valence-electron chi connectivity index (χ3n) is 9.98. The first-order chi connectivity index (χ1) is 17.3. The average Bonchev–Trinajstić information content (AvgIpc) is 3.07. The van der Waals surface area contributed by atoms with Crippen molar-refractivity contribution in [3.8, 4) is 0 Å². The summed E-state index contributed by atoms with van der Waals surface area (Å²) >= 11 is 3.86. The number of fused-ring (bicyclic) bond motifs is 5. The van der Waals surface area contributed by atoms with Crippen LogP contribution >= 0.6 is 15.9 Å². The third-order valence-corrected chi connectivity index (χ3v) is 11.9. The molecule has 6 nitrogen and oxygen atoms in total. The number of ketones is 2. The Balaban J connectivity index is 1.47. The Morgan fingerprint density at radius 1 is 1.16 bits per heavy atom. The van der Waals surface area contributed by atoms with Crippen molar-refractivity contribution in [3.05, 3.63) is 59.7 Å². The van der Waals surface area contributed by atoms with Crippen LogP contribution in [0.15, 0.2) is 54.1 Å². The van der Waals surface area contributed by atoms with E-state index in [9.17, 15) is 24.6 Å². The smallest absolute Gasteiger partial charge is 0.338 e. The lowest BCUT2D eigenvalue weighted by Gasteiger charge is -2.64. The summed E-state index contributed by atoms with van der Waals surface area (Å²) in [5.74, 6) is -2.78. The van der Waals surface area contributed by atoms with Gasteiger partial charge in [-0.15, -0.1) is 0 Å². The highest BCUT2D eigenvalue weighted by Gasteiger charge is 2.75. The molecular formula is C29H32BrFO6. The van der Waals surface area contributed by atoms with Crippen LogP contribution in [-0.4, -0.2) is 56.6 Å². The number of alkyl halides is 2. The number of carbonyl (C=O) groups excluding carboxylic acids is 3. The van der Waals surface area contributed by atoms with E-state index in [4.69, 9.17) is 4.74 Å². The summed E-state index contributed by atoms with van der Waals surface area (Å²) in [6, 6.07) is 8.30. The zero-order valence-electron chi connectivity index (χ0n) is 21.1. The second kappa shape index (κ2) is 8.68. The molecule has 1 aromatic carbocycles. The zero-order chi connectivity index (χ0) is 27.0. The van der Waals surface area contributed by atoms with Crippen molar-refractivity contribution in [2.45, 2.75) is 62.2 Å². The summed E-state index contributed by atoms with van der Waals surface area (Å²) in [4.78, 5) is 38.1. The summed E-state index contributed by atoms with van der Waals surface area (Å²) in [6.07, 6.45) is 2.59. The molecule has 2 N–H and O–H groups in total. The van der Waals surface area contributed by atoms with Crippen LogP contribution in [0.2, 0.25) is 0 Å². The molecule has 5 rings (SSSR count). The predicted octanol–water partition coefficient (Wildman–Crippen LogP) is 4.13. The molecule has 0 aromatic heterocycles. The Bertz CT molecular complexity index is 1210. The first-order valence-corrected chi connectivity index (χ1v) is 13.5. The zero-order valence-corrected chi connectivity index (χ0v) is 22.7. The summed E-state index contributed by atoms with van der Waals surface area (Å²) in [7, 11) is 0. The molecule has 1 aromatic rings. The van der Waals surface area contributed by atoms with Crippen LogP contribution in [0, 0.1) is 28.6 Å². The van der Waals surface area contributed by atoms with Gasteiger partial charge >= 0.3 is 5.97 Å². The number of esters is 1. The van der Waals surface area contributed by atoms with E-state index >= 15 is 4.39 Å². The fraction of sp³-hybridized carbons (Fsp3) is 0.552. The summed E-state index contributed by atoms with van der Waals surface area (Å²) in [5.41, 5.74) is -3.25. The fourth-order valence-corrected chi connectivity index (χ4v) is 9.06. The largest absolute Gasteiger partial charge is 0.454 e. The van der Waals surface area contributed by atoms with Gasteiger partial charge in [-0.3, -0.25) is 9.59 Å². The standard InChI is InChI=1S/C29H32BrFO6/c1-16-11-19-20-13-22(31)21-12-18(32)9-10-26(21,2)28(20,30)23(33)14-27(19,3)29(16,36)24(34)15-37-25(35)17-7-5-4-6-8-17/h4-10,12,16,19-20,22-23,33,36H,11,13-15H2,1-3H3/t16?,19-,20-,22?,23?,26-,27-,28-,29-/m0/s1. The van der Waals surface area contributed by atoms with E-state index in [1.165, 1.54) is 12.2 Å². The molecule has 4 aliphatic carbocycles. The predicted molar refractivity (Wildman–Crippen MR) is 138 cm³/mol. The van der Waals surface area contributed by atoms with Gasteiger partial charge < -0.3 is 14.9 Å². The minimum Gasteiger partial charge on any atom is -0.454 e. The van der Waals surface area contributed by atoms with Crippen molar-refractivity contribution < 1.29 is 33.7 Å². The average molecular weight is 575 g/mol. The van der Waals surface area contributed by atoms with Gasteiger partial charge in [0.1, 0.15) is 11.8 Å². The highest BCUT2D eigenvalue weighted by Crippen LogP contribution is 2.72. The van der Waals surface area contributed by atoms with Crippen molar-refractivity contribution in [2.24, 2.45) is 28.6 Å². The number of allylic oxidation sites excluding steroid dienone is 4. The lowest BCUT2D eigenvalue weighted by molar-refractivity contribution is -0.179. The Hall–Kier alpha value is -2.16. The number of hydrogen-bond donors (Lipinski definition) is 2. The number of halogens is 2. The molecule has 0 spiro atoms. The maximum atomic E-state index is 15.7. The van der Waals surface area contributed by atoms with Gasteiger partial charge in [0.2, 0.25) is 5.78 Å². The Kier molecular flexibility index (Phi) is 6.20. The van der Waals surface area contributed by atoms with Crippen molar-refractivity contribution in [2.75, 3.05) is 6.61 Å². The number of hydrogen-bond acceptors (Lipinski definition) is 6. The molecule has 3 saturated carbocycles. The molecule has 0 heterocycles. The topological polar surface area (TPSA) is 101 Å². The third kappa shape index (κ3) is 3.44. The number of rotatable bonds is 4. The van der Waals surface area contributed by atoms with Gasteiger partial charge in [0.15, 0.2) is 12.4 Å². The van der Waals surface area contributed by atoms with Crippen LogP contribution in [-0.2, 0) is 14.3 Å². The van der Waals surface area contributed by atoms with E-state index in [1.54, 1.807) is 50.3 Å². The monoisotopic (exact) mass is 574 g/mol. The molecule has 9 atom stereocenters. The van der Waals surface area contributed by atoms with Crippen molar-refractivity contribution in [1.29, 1.82) is 0 Å². The van der Waals surface area contributed by atoms with Crippen LogP contribution in [0.3, 0.4) is 0 Å². The number of carbonyl (C=O) groups is 3. The minimum atomic E-state index is -1.87. The number of benzene rings is 1. The van der Waals surface area contributed by atoms with Gasteiger partial charge in [0.05, 0.1) is 16.0 Å². The fourth-order valence-electron chi connectivity index (χ4n) is 8.03. The van der Waals surface area contributed by atoms with Crippen LogP contribution < -0.4 is 0 Å². The number of aliphatic hydroxyl groups excluding tert-OH is 1. The number of aliphatic hydroxyl groups is 2. The SMILES string of the molecule is CC1C[C@H]2[C@@H]3CC(F)C4=CC(=O)C=C[C@]4(C)[C@@]3(Br)C(O)C[C@]2(C)[C@@]1(O)C(=O)COC(=O)c1ccccc1. The van der Waals surface area contributed by atoms with E-state index in [0.29, 0.717) is 17.6 Å². The molecule has 0 aliphatic heterocycles. The molecule has 0 saturated heterocycles. The van der Waals surface area contributed by atoms with Gasteiger partial charge in [-0.2, -0.15) is 0 Å². The van der Waals surface area contributed by atoms with E-state index in [2.05, 4.69) is 15.9 Å². The van der Waals surface area contributed by atoms with E-state index in [1.807, 2.05) is 6.92 Å². The van der Waals surface area contributed by atoms with Crippen molar-refractivity contribution >= 4 is 33.5 Å². The Labute approximate surface area is 224 Å². The molecule has 3 fully saturated rings. The van der Waals surface area contributed by atoms with Gasteiger partial charge in [-0.05, 0) is 66.9 Å². The molecule has 8 heteroatoms. The molecule has 0 amide bonds. The second-order valence-corrected chi connectivity index (χ2v) is 12.9. The molecule has 37 heavy (non-hydrogen) atoms. The van der Waals surface area contributed by atoms with Crippen molar-refractivity contribution in [1.82, 2.24) is 0 Å². The molecular weight excluding hydrogens is 543 g/mol. The van der Waals surface area contributed by atoms with E-state index in [0.717, 1.165) is 0 Å². The Morgan fingerprint density at radius 2 is 1.84 bits per heavy atom. The summed E-state index contributed by atoms with van der Waals surface area (Å²) in [6.45, 7) is 4.80. The van der Waals surface area contributed by atoms with Gasteiger partial charge in [-0.1, -0.05) is 61.0 Å². The first kappa shape index (κ1) is 26.4. The van der Waals surface area contributed by atoms with Crippen molar-refractivity contribution in [3.63, 3.8) is 0 Å². The van der Waals surface area contributed by atoms with Gasteiger partial charge in [0, 0.05) is 10.8 Å². The molecule has 198 valence electrons. The molecule has 3 unspecified atom stereocenters. The van der Waals surface area contributed by atoms with Crippen LogP contribution in [0.4, 0.5) is 4.39 Å². The lowest BCUT2D eigenvalue weighted by Crippen LogP contribution is -2.70. The van der Waals surface area contributed by atoms with Gasteiger partial charge in [-0.25, -0.2) is 9.18 Å². The highest BCUT2D eigenvalue weighted by molar-refractivity contribution is 9.10.